The number of benzene rings is 1. The zero-order valence-electron chi connectivity index (χ0n) is 17.5. The molecular weight excluding hydrogens is 322 g/mol. The van der Waals surface area contributed by atoms with Crippen molar-refractivity contribution < 1.29 is 9.84 Å². The maximum Gasteiger partial charge on any atom is 0.161 e. The first kappa shape index (κ1) is 20.5. The van der Waals surface area contributed by atoms with Gasteiger partial charge in [0.15, 0.2) is 11.5 Å². The molecule has 2 rings (SSSR count). The number of phenols is 1. The van der Waals surface area contributed by atoms with Crippen LogP contribution in [0.5, 0.6) is 11.5 Å². The molecular formula is C23H35NO2. The van der Waals surface area contributed by atoms with Crippen molar-refractivity contribution in [2.45, 2.75) is 67.2 Å². The molecule has 2 unspecified atom stereocenters. The van der Waals surface area contributed by atoms with Gasteiger partial charge in [0.2, 0.25) is 0 Å². The van der Waals surface area contributed by atoms with Gasteiger partial charge < -0.3 is 9.84 Å². The van der Waals surface area contributed by atoms with Crippen LogP contribution in [0.15, 0.2) is 34.5 Å². The number of allylic oxidation sites excluding steroid dienone is 2. The first-order valence-corrected chi connectivity index (χ1v) is 9.95. The first-order chi connectivity index (χ1) is 12.2. The molecule has 3 heteroatoms. The van der Waals surface area contributed by atoms with Gasteiger partial charge in [0.25, 0.3) is 0 Å². The zero-order valence-corrected chi connectivity index (χ0v) is 17.5. The maximum atomic E-state index is 10.1. The Labute approximate surface area is 159 Å². The van der Waals surface area contributed by atoms with Crippen molar-refractivity contribution >= 4 is 5.71 Å². The number of phenolic OH excluding ortho intramolecular Hbond substituents is 1. The van der Waals surface area contributed by atoms with Gasteiger partial charge in [-0.25, -0.2) is 0 Å². The minimum Gasteiger partial charge on any atom is -0.504 e. The van der Waals surface area contributed by atoms with Crippen LogP contribution >= 0.6 is 0 Å². The molecule has 1 aliphatic heterocycles. The fourth-order valence-electron chi connectivity index (χ4n) is 4.09. The fourth-order valence-corrected chi connectivity index (χ4v) is 4.09. The van der Waals surface area contributed by atoms with Crippen LogP contribution in [0, 0.1) is 17.8 Å². The molecule has 1 N–H and O–H groups in total. The number of hydrogen-bond acceptors (Lipinski definition) is 3. The van der Waals surface area contributed by atoms with Crippen molar-refractivity contribution in [3.63, 3.8) is 0 Å². The highest BCUT2D eigenvalue weighted by Crippen LogP contribution is 2.45. The van der Waals surface area contributed by atoms with Crippen molar-refractivity contribution in [2.24, 2.45) is 22.7 Å². The molecule has 0 spiro atoms. The van der Waals surface area contributed by atoms with E-state index in [9.17, 15) is 5.11 Å². The number of aliphatic imine (C=N–C) groups is 1. The Morgan fingerprint density at radius 1 is 1.12 bits per heavy atom. The van der Waals surface area contributed by atoms with E-state index < -0.39 is 0 Å². The van der Waals surface area contributed by atoms with E-state index in [0.29, 0.717) is 36.0 Å². The Balaban J connectivity index is 2.56. The van der Waals surface area contributed by atoms with Gasteiger partial charge in [-0.2, -0.15) is 0 Å². The van der Waals surface area contributed by atoms with Gasteiger partial charge in [-0.3, -0.25) is 4.99 Å². The normalized spacial score (nSPS) is 20.7. The maximum absolute atomic E-state index is 10.1. The Bertz CT molecular complexity index is 685. The van der Waals surface area contributed by atoms with Crippen molar-refractivity contribution in [1.82, 2.24) is 0 Å². The smallest absolute Gasteiger partial charge is 0.161 e. The molecule has 0 amide bonds. The molecule has 0 radical (unpaired) electrons. The third kappa shape index (κ3) is 4.69. The van der Waals surface area contributed by atoms with Crippen LogP contribution in [0.4, 0.5) is 0 Å². The third-order valence-corrected chi connectivity index (χ3v) is 5.12. The van der Waals surface area contributed by atoms with Gasteiger partial charge in [0, 0.05) is 23.2 Å². The molecule has 3 nitrogen and oxygen atoms in total. The molecule has 1 aromatic rings. The molecule has 1 heterocycles. The summed E-state index contributed by atoms with van der Waals surface area (Å²) in [6.07, 6.45) is 2.16. The second kappa shape index (κ2) is 8.75. The molecule has 0 aromatic heterocycles. The Morgan fingerprint density at radius 2 is 1.81 bits per heavy atom. The predicted octanol–water partition coefficient (Wildman–Crippen LogP) is 6.33. The van der Waals surface area contributed by atoms with Crippen molar-refractivity contribution in [1.29, 1.82) is 0 Å². The predicted molar refractivity (Wildman–Crippen MR) is 110 cm³/mol. The topological polar surface area (TPSA) is 41.8 Å². The van der Waals surface area contributed by atoms with E-state index in [2.05, 4.69) is 47.6 Å². The van der Waals surface area contributed by atoms with E-state index in [1.54, 1.807) is 6.07 Å². The van der Waals surface area contributed by atoms with Gasteiger partial charge in [-0.05, 0) is 68.7 Å². The molecule has 1 aromatic carbocycles. The van der Waals surface area contributed by atoms with Gasteiger partial charge in [0.05, 0.1) is 6.61 Å². The number of aromatic hydroxyl groups is 1. The van der Waals surface area contributed by atoms with Gasteiger partial charge in [-0.15, -0.1) is 0 Å². The van der Waals surface area contributed by atoms with E-state index in [4.69, 9.17) is 9.73 Å². The minimum atomic E-state index is 0.211. The summed E-state index contributed by atoms with van der Waals surface area (Å²) in [5, 5.41) is 10.1. The molecule has 2 atom stereocenters. The quantitative estimate of drug-likeness (QED) is 0.619. The molecule has 144 valence electrons. The summed E-state index contributed by atoms with van der Waals surface area (Å²) >= 11 is 0. The fraction of sp³-hybridized carbons (Fsp3) is 0.609. The number of rotatable bonds is 7. The van der Waals surface area contributed by atoms with E-state index in [-0.39, 0.29) is 5.75 Å². The van der Waals surface area contributed by atoms with Gasteiger partial charge in [-0.1, -0.05) is 33.8 Å². The number of hydrogen-bond donors (Lipinski definition) is 1. The lowest BCUT2D eigenvalue weighted by Crippen LogP contribution is -2.28. The summed E-state index contributed by atoms with van der Waals surface area (Å²) in [4.78, 5) is 4.92. The molecule has 1 aliphatic rings. The summed E-state index contributed by atoms with van der Waals surface area (Å²) in [6, 6.07) is 5.86. The monoisotopic (exact) mass is 357 g/mol. The summed E-state index contributed by atoms with van der Waals surface area (Å²) in [6.45, 7) is 15.9. The minimum absolute atomic E-state index is 0.211. The van der Waals surface area contributed by atoms with E-state index in [0.717, 1.165) is 18.5 Å². The highest BCUT2D eigenvalue weighted by atomic mass is 16.5. The van der Waals surface area contributed by atoms with Crippen molar-refractivity contribution in [2.75, 3.05) is 6.61 Å². The summed E-state index contributed by atoms with van der Waals surface area (Å²) < 4.78 is 5.66. The summed E-state index contributed by atoms with van der Waals surface area (Å²) in [5.41, 5.74) is 5.04. The van der Waals surface area contributed by atoms with Crippen LogP contribution in [0.3, 0.4) is 0 Å². The molecule has 0 aliphatic carbocycles. The number of nitrogens with zero attached hydrogens (tertiary/aromatic N) is 1. The molecule has 0 saturated heterocycles. The molecule has 0 bridgehead atoms. The van der Waals surface area contributed by atoms with E-state index >= 15 is 0 Å². The average Bonchev–Trinajstić information content (AvgIpc) is 2.54. The lowest BCUT2D eigenvalue weighted by Gasteiger charge is -2.36. The van der Waals surface area contributed by atoms with Crippen molar-refractivity contribution in [3.8, 4) is 11.5 Å². The van der Waals surface area contributed by atoms with Gasteiger partial charge >= 0.3 is 0 Å². The Morgan fingerprint density at radius 3 is 2.38 bits per heavy atom. The highest BCUT2D eigenvalue weighted by molar-refractivity contribution is 5.88. The van der Waals surface area contributed by atoms with E-state index in [1.807, 2.05) is 13.0 Å². The third-order valence-electron chi connectivity index (χ3n) is 5.12. The van der Waals surface area contributed by atoms with Crippen LogP contribution in [-0.2, 0) is 0 Å². The average molecular weight is 358 g/mol. The molecule has 0 saturated carbocycles. The van der Waals surface area contributed by atoms with Crippen LogP contribution in [-0.4, -0.2) is 17.4 Å². The number of ether oxygens (including phenoxy) is 1. The SMILES string of the molecule is CCOc1cc(C2C(CC(C)C)=C(C)N=C(C)C2CC(C)C)ccc1O. The highest BCUT2D eigenvalue weighted by Gasteiger charge is 2.34. The van der Waals surface area contributed by atoms with Crippen molar-refractivity contribution in [3.05, 3.63) is 35.0 Å². The standard InChI is InChI=1S/C23H35NO2/c1-8-26-22-13-18(9-10-21(22)25)23-19(11-14(2)3)16(6)24-17(7)20(23)12-15(4)5/h9-10,13-15,19,23,25H,8,11-12H2,1-7H3. The summed E-state index contributed by atoms with van der Waals surface area (Å²) in [7, 11) is 0. The second-order valence-corrected chi connectivity index (χ2v) is 8.34. The lowest BCUT2D eigenvalue weighted by atomic mass is 9.71. The van der Waals surface area contributed by atoms with Crippen LogP contribution in [0.25, 0.3) is 0 Å². The van der Waals surface area contributed by atoms with Crippen LogP contribution < -0.4 is 4.74 Å². The Kier molecular flexibility index (Phi) is 6.91. The lowest BCUT2D eigenvalue weighted by molar-refractivity contribution is 0.317. The zero-order chi connectivity index (χ0) is 19.4. The van der Waals surface area contributed by atoms with E-state index in [1.165, 1.54) is 16.8 Å². The first-order valence-electron chi connectivity index (χ1n) is 9.95. The molecule has 26 heavy (non-hydrogen) atoms. The molecule has 0 fully saturated rings. The van der Waals surface area contributed by atoms with Crippen LogP contribution in [0.2, 0.25) is 0 Å². The Hall–Kier alpha value is -1.77. The summed E-state index contributed by atoms with van der Waals surface area (Å²) in [5.74, 6) is 2.68. The second-order valence-electron chi connectivity index (χ2n) is 8.34. The van der Waals surface area contributed by atoms with Gasteiger partial charge in [0.1, 0.15) is 0 Å². The largest absolute Gasteiger partial charge is 0.504 e. The van der Waals surface area contributed by atoms with Crippen LogP contribution in [0.1, 0.15) is 72.8 Å².